The van der Waals surface area contributed by atoms with Crippen molar-refractivity contribution in [2.75, 3.05) is 41.4 Å². The van der Waals surface area contributed by atoms with Gasteiger partial charge in [0, 0.05) is 24.0 Å². The van der Waals surface area contributed by atoms with Crippen LogP contribution in [0.1, 0.15) is 23.2 Å². The Morgan fingerprint density at radius 1 is 1.03 bits per heavy atom. The first kappa shape index (κ1) is 21.1. The van der Waals surface area contributed by atoms with Crippen LogP contribution in [0.2, 0.25) is 0 Å². The first-order chi connectivity index (χ1) is 15.0. The van der Waals surface area contributed by atoms with Crippen molar-refractivity contribution in [1.29, 1.82) is 0 Å². The summed E-state index contributed by atoms with van der Waals surface area (Å²) in [5.41, 5.74) is 3.09. The molecule has 1 aliphatic rings. The second-order valence-electron chi connectivity index (χ2n) is 8.09. The fraction of sp³-hybridized carbons (Fsp3) is 0.360. The van der Waals surface area contributed by atoms with Gasteiger partial charge in [0.25, 0.3) is 5.91 Å². The molecule has 0 N–H and O–H groups in total. The van der Waals surface area contributed by atoms with Crippen molar-refractivity contribution in [1.82, 2.24) is 14.8 Å². The van der Waals surface area contributed by atoms with Gasteiger partial charge < -0.3 is 19.3 Å². The molecule has 0 aliphatic carbocycles. The molecule has 4 rings (SSSR count). The highest BCUT2D eigenvalue weighted by Gasteiger charge is 2.26. The van der Waals surface area contributed by atoms with E-state index in [9.17, 15) is 4.79 Å². The van der Waals surface area contributed by atoms with Crippen LogP contribution in [0, 0.1) is 0 Å². The summed E-state index contributed by atoms with van der Waals surface area (Å²) in [4.78, 5) is 22.6. The Bertz CT molecular complexity index is 1090. The van der Waals surface area contributed by atoms with Crippen molar-refractivity contribution >= 4 is 16.8 Å². The second-order valence-corrected chi connectivity index (χ2v) is 8.09. The van der Waals surface area contributed by atoms with Crippen LogP contribution in [0.5, 0.6) is 11.5 Å². The number of ether oxygens (including phenoxy) is 2. The van der Waals surface area contributed by atoms with Crippen LogP contribution in [0.25, 0.3) is 22.2 Å². The topological polar surface area (TPSA) is 54.9 Å². The Morgan fingerprint density at radius 2 is 1.74 bits per heavy atom. The lowest BCUT2D eigenvalue weighted by Gasteiger charge is -2.35. The molecule has 3 aromatic rings. The summed E-state index contributed by atoms with van der Waals surface area (Å²) in [7, 11) is 7.27. The summed E-state index contributed by atoms with van der Waals surface area (Å²) >= 11 is 0. The lowest BCUT2D eigenvalue weighted by Crippen LogP contribution is -2.44. The normalized spacial score (nSPS) is 15.1. The first-order valence-electron chi connectivity index (χ1n) is 10.6. The molecule has 31 heavy (non-hydrogen) atoms. The minimum absolute atomic E-state index is 0.0369. The predicted molar refractivity (Wildman–Crippen MR) is 123 cm³/mol. The highest BCUT2D eigenvalue weighted by Crippen LogP contribution is 2.33. The van der Waals surface area contributed by atoms with E-state index in [-0.39, 0.29) is 11.9 Å². The van der Waals surface area contributed by atoms with Gasteiger partial charge in [-0.3, -0.25) is 4.79 Å². The standard InChI is InChI=1S/C25H29N3O3/c1-27-13-11-18(12-14-27)28(2)25(29)20-16-22(26-21-8-6-5-7-19(20)21)17-9-10-23(30-3)24(15-17)31-4/h5-10,15-16,18H,11-14H2,1-4H3. The van der Waals surface area contributed by atoms with E-state index in [4.69, 9.17) is 14.5 Å². The van der Waals surface area contributed by atoms with Gasteiger partial charge in [0.15, 0.2) is 11.5 Å². The highest BCUT2D eigenvalue weighted by molar-refractivity contribution is 6.07. The van der Waals surface area contributed by atoms with Crippen molar-refractivity contribution in [2.24, 2.45) is 0 Å². The van der Waals surface area contributed by atoms with Gasteiger partial charge in [-0.25, -0.2) is 4.98 Å². The van der Waals surface area contributed by atoms with Crippen LogP contribution < -0.4 is 9.47 Å². The van der Waals surface area contributed by atoms with Gasteiger partial charge >= 0.3 is 0 Å². The number of pyridine rings is 1. The monoisotopic (exact) mass is 419 g/mol. The molecular formula is C25H29N3O3. The predicted octanol–water partition coefficient (Wildman–Crippen LogP) is 4.09. The molecular weight excluding hydrogens is 390 g/mol. The number of amides is 1. The molecule has 0 bridgehead atoms. The van der Waals surface area contributed by atoms with E-state index in [0.29, 0.717) is 17.1 Å². The van der Waals surface area contributed by atoms with Crippen LogP contribution in [0.4, 0.5) is 0 Å². The van der Waals surface area contributed by atoms with E-state index >= 15 is 0 Å². The summed E-state index contributed by atoms with van der Waals surface area (Å²) in [6, 6.07) is 15.7. The maximum atomic E-state index is 13.6. The van der Waals surface area contributed by atoms with Gasteiger partial charge in [-0.15, -0.1) is 0 Å². The van der Waals surface area contributed by atoms with Gasteiger partial charge in [-0.1, -0.05) is 18.2 Å². The zero-order valence-corrected chi connectivity index (χ0v) is 18.6. The van der Waals surface area contributed by atoms with Crippen molar-refractivity contribution in [3.8, 4) is 22.8 Å². The van der Waals surface area contributed by atoms with Crippen molar-refractivity contribution < 1.29 is 14.3 Å². The number of benzene rings is 2. The van der Waals surface area contributed by atoms with Gasteiger partial charge in [0.1, 0.15) is 0 Å². The maximum Gasteiger partial charge on any atom is 0.254 e. The zero-order chi connectivity index (χ0) is 22.0. The summed E-state index contributed by atoms with van der Waals surface area (Å²) in [6.07, 6.45) is 1.98. The number of nitrogens with zero attached hydrogens (tertiary/aromatic N) is 3. The fourth-order valence-corrected chi connectivity index (χ4v) is 4.23. The number of piperidine rings is 1. The minimum Gasteiger partial charge on any atom is -0.493 e. The summed E-state index contributed by atoms with van der Waals surface area (Å²) < 4.78 is 10.8. The molecule has 2 aromatic carbocycles. The molecule has 0 atom stereocenters. The van der Waals surface area contributed by atoms with Crippen LogP contribution >= 0.6 is 0 Å². The van der Waals surface area contributed by atoms with Crippen molar-refractivity contribution in [3.05, 3.63) is 54.1 Å². The van der Waals surface area contributed by atoms with Crippen LogP contribution in [0.15, 0.2) is 48.5 Å². The molecule has 0 saturated carbocycles. The first-order valence-corrected chi connectivity index (χ1v) is 10.6. The lowest BCUT2D eigenvalue weighted by molar-refractivity contribution is 0.0661. The molecule has 1 saturated heterocycles. The number of fused-ring (bicyclic) bond motifs is 1. The van der Waals surface area contributed by atoms with E-state index in [1.165, 1.54) is 0 Å². The van der Waals surface area contributed by atoms with Gasteiger partial charge in [0.05, 0.1) is 31.0 Å². The molecule has 0 radical (unpaired) electrons. The molecule has 162 valence electrons. The van der Waals surface area contributed by atoms with Gasteiger partial charge in [-0.2, -0.15) is 0 Å². The van der Waals surface area contributed by atoms with Crippen molar-refractivity contribution in [2.45, 2.75) is 18.9 Å². The van der Waals surface area contributed by atoms with E-state index < -0.39 is 0 Å². The van der Waals surface area contributed by atoms with Crippen LogP contribution in [0.3, 0.4) is 0 Å². The Labute approximate surface area is 183 Å². The number of hydrogen-bond donors (Lipinski definition) is 0. The number of para-hydroxylation sites is 1. The molecule has 0 unspecified atom stereocenters. The number of methoxy groups -OCH3 is 2. The smallest absolute Gasteiger partial charge is 0.254 e. The quantitative estimate of drug-likeness (QED) is 0.624. The molecule has 1 aromatic heterocycles. The third-order valence-corrected chi connectivity index (χ3v) is 6.18. The number of carbonyl (C=O) groups excluding carboxylic acids is 1. The number of likely N-dealkylation sites (tertiary alicyclic amines) is 1. The van der Waals surface area contributed by atoms with Gasteiger partial charge in [0.2, 0.25) is 0 Å². The third kappa shape index (κ3) is 4.21. The number of carbonyl (C=O) groups is 1. The number of aromatic nitrogens is 1. The Hall–Kier alpha value is -3.12. The number of rotatable bonds is 5. The summed E-state index contributed by atoms with van der Waals surface area (Å²) in [5, 5.41) is 0.872. The Balaban J connectivity index is 1.76. The molecule has 2 heterocycles. The van der Waals surface area contributed by atoms with Crippen LogP contribution in [-0.4, -0.2) is 68.1 Å². The third-order valence-electron chi connectivity index (χ3n) is 6.18. The maximum absolute atomic E-state index is 13.6. The summed E-state index contributed by atoms with van der Waals surface area (Å²) in [6.45, 7) is 2.02. The Kier molecular flexibility index (Phi) is 6.09. The molecule has 1 fully saturated rings. The average Bonchev–Trinajstić information content (AvgIpc) is 2.82. The lowest BCUT2D eigenvalue weighted by atomic mass is 10.00. The molecule has 0 spiro atoms. The van der Waals surface area contributed by atoms with Gasteiger partial charge in [-0.05, 0) is 63.3 Å². The molecule has 6 heteroatoms. The highest BCUT2D eigenvalue weighted by atomic mass is 16.5. The Morgan fingerprint density at radius 3 is 2.45 bits per heavy atom. The minimum atomic E-state index is 0.0369. The molecule has 6 nitrogen and oxygen atoms in total. The molecule has 1 amide bonds. The zero-order valence-electron chi connectivity index (χ0n) is 18.6. The van der Waals surface area contributed by atoms with E-state index in [0.717, 1.165) is 48.1 Å². The van der Waals surface area contributed by atoms with Crippen molar-refractivity contribution in [3.63, 3.8) is 0 Å². The average molecular weight is 420 g/mol. The largest absolute Gasteiger partial charge is 0.493 e. The number of hydrogen-bond acceptors (Lipinski definition) is 5. The second kappa shape index (κ2) is 8.94. The van der Waals surface area contributed by atoms with Crippen LogP contribution in [-0.2, 0) is 0 Å². The van der Waals surface area contributed by atoms with E-state index in [1.807, 2.05) is 60.5 Å². The van der Waals surface area contributed by atoms with E-state index in [2.05, 4.69) is 11.9 Å². The molecule has 1 aliphatic heterocycles. The fourth-order valence-electron chi connectivity index (χ4n) is 4.23. The summed E-state index contributed by atoms with van der Waals surface area (Å²) in [5.74, 6) is 1.33. The SMILES string of the molecule is COc1ccc(-c2cc(C(=O)N(C)C3CCN(C)CC3)c3ccccc3n2)cc1OC. The van der Waals surface area contributed by atoms with E-state index in [1.54, 1.807) is 14.2 Å².